The molecule has 1 unspecified atom stereocenters. The number of hydrogen-bond donors (Lipinski definition) is 3. The van der Waals surface area contributed by atoms with E-state index in [0.29, 0.717) is 18.5 Å². The maximum atomic E-state index is 13.5. The molecular weight excluding hydrogens is 337 g/mol. The Hall–Kier alpha value is -2.93. The molecule has 0 aliphatic carbocycles. The number of anilines is 1. The van der Waals surface area contributed by atoms with E-state index in [0.717, 1.165) is 0 Å². The topological polar surface area (TPSA) is 93.4 Å². The first-order chi connectivity index (χ1) is 12.5. The Bertz CT molecular complexity index is 765. The second kappa shape index (κ2) is 9.53. The summed E-state index contributed by atoms with van der Waals surface area (Å²) in [6.07, 6.45) is 0.653. The summed E-state index contributed by atoms with van der Waals surface area (Å²) in [6, 6.07) is 12.4. The summed E-state index contributed by atoms with van der Waals surface area (Å²) in [5.41, 5.74) is 6.04. The molecular formula is C19H22FN3O3. The summed E-state index contributed by atoms with van der Waals surface area (Å²) in [4.78, 5) is 24.2. The highest BCUT2D eigenvalue weighted by atomic mass is 19.1. The van der Waals surface area contributed by atoms with Crippen LogP contribution in [0.25, 0.3) is 0 Å². The molecule has 0 bridgehead atoms. The Labute approximate surface area is 151 Å². The van der Waals surface area contributed by atoms with Crippen molar-refractivity contribution in [3.05, 3.63) is 59.9 Å². The maximum Gasteiger partial charge on any atom is 0.262 e. The normalized spacial score (nSPS) is 11.5. The summed E-state index contributed by atoms with van der Waals surface area (Å²) in [6.45, 7) is 1.95. The molecule has 0 heterocycles. The van der Waals surface area contributed by atoms with Crippen LogP contribution in [-0.4, -0.2) is 31.0 Å². The van der Waals surface area contributed by atoms with Crippen LogP contribution in [-0.2, 0) is 4.79 Å². The van der Waals surface area contributed by atoms with Gasteiger partial charge in [0.05, 0.1) is 11.3 Å². The van der Waals surface area contributed by atoms with Gasteiger partial charge in [-0.15, -0.1) is 0 Å². The van der Waals surface area contributed by atoms with Gasteiger partial charge in [-0.2, -0.15) is 0 Å². The molecule has 1 atom stereocenters. The number of carbonyl (C=O) groups is 2. The maximum absolute atomic E-state index is 13.5. The number of para-hydroxylation sites is 2. The van der Waals surface area contributed by atoms with E-state index in [2.05, 4.69) is 10.6 Å². The average Bonchev–Trinajstić information content (AvgIpc) is 2.62. The van der Waals surface area contributed by atoms with Gasteiger partial charge >= 0.3 is 0 Å². The lowest BCUT2D eigenvalue weighted by atomic mass is 10.2. The highest BCUT2D eigenvalue weighted by molar-refractivity contribution is 5.97. The van der Waals surface area contributed by atoms with Crippen LogP contribution in [0.4, 0.5) is 10.1 Å². The average molecular weight is 359 g/mol. The summed E-state index contributed by atoms with van der Waals surface area (Å²) in [5.74, 6) is -1.10. The lowest BCUT2D eigenvalue weighted by Gasteiger charge is -2.12. The van der Waals surface area contributed by atoms with Crippen molar-refractivity contribution in [3.8, 4) is 5.75 Å². The van der Waals surface area contributed by atoms with Crippen LogP contribution in [0.3, 0.4) is 0 Å². The van der Waals surface area contributed by atoms with Crippen LogP contribution in [0, 0.1) is 5.82 Å². The SMILES string of the molecule is CC(N)CCNC(=O)c1ccccc1OCC(=O)Nc1ccccc1F. The van der Waals surface area contributed by atoms with Gasteiger partial charge in [-0.05, 0) is 37.6 Å². The van der Waals surface area contributed by atoms with Crippen LogP contribution in [0.5, 0.6) is 5.75 Å². The molecule has 2 aromatic rings. The first kappa shape index (κ1) is 19.4. The van der Waals surface area contributed by atoms with Crippen LogP contribution < -0.4 is 21.1 Å². The monoisotopic (exact) mass is 359 g/mol. The summed E-state index contributed by atoms with van der Waals surface area (Å²) < 4.78 is 19.0. The molecule has 2 aromatic carbocycles. The minimum Gasteiger partial charge on any atom is -0.483 e. The number of halogens is 1. The molecule has 26 heavy (non-hydrogen) atoms. The number of rotatable bonds is 8. The zero-order valence-corrected chi connectivity index (χ0v) is 14.5. The van der Waals surface area contributed by atoms with Crippen molar-refractivity contribution in [2.24, 2.45) is 5.73 Å². The molecule has 0 saturated heterocycles. The van der Waals surface area contributed by atoms with Gasteiger partial charge in [0.25, 0.3) is 11.8 Å². The molecule has 6 nitrogen and oxygen atoms in total. The lowest BCUT2D eigenvalue weighted by molar-refractivity contribution is -0.118. The first-order valence-corrected chi connectivity index (χ1v) is 8.27. The summed E-state index contributed by atoms with van der Waals surface area (Å²) >= 11 is 0. The predicted molar refractivity (Wildman–Crippen MR) is 97.6 cm³/mol. The van der Waals surface area contributed by atoms with Crippen molar-refractivity contribution in [3.63, 3.8) is 0 Å². The summed E-state index contributed by atoms with van der Waals surface area (Å²) in [7, 11) is 0. The molecule has 0 spiro atoms. The molecule has 0 aliphatic rings. The molecule has 4 N–H and O–H groups in total. The van der Waals surface area contributed by atoms with Crippen LogP contribution >= 0.6 is 0 Å². The van der Waals surface area contributed by atoms with E-state index >= 15 is 0 Å². The predicted octanol–water partition coefficient (Wildman–Crippen LogP) is 2.31. The fourth-order valence-corrected chi connectivity index (χ4v) is 2.18. The third-order valence-corrected chi connectivity index (χ3v) is 3.52. The fourth-order valence-electron chi connectivity index (χ4n) is 2.18. The molecule has 138 valence electrons. The van der Waals surface area contributed by atoms with Gasteiger partial charge in [0.1, 0.15) is 11.6 Å². The second-order valence-corrected chi connectivity index (χ2v) is 5.83. The number of ether oxygens (including phenoxy) is 1. The van der Waals surface area contributed by atoms with Gasteiger partial charge in [0, 0.05) is 12.6 Å². The fraction of sp³-hybridized carbons (Fsp3) is 0.263. The van der Waals surface area contributed by atoms with Crippen molar-refractivity contribution in [2.75, 3.05) is 18.5 Å². The van der Waals surface area contributed by atoms with Gasteiger partial charge in [0.2, 0.25) is 0 Å². The largest absolute Gasteiger partial charge is 0.483 e. The van der Waals surface area contributed by atoms with Gasteiger partial charge in [-0.1, -0.05) is 24.3 Å². The molecule has 2 rings (SSSR count). The number of nitrogens with two attached hydrogens (primary N) is 1. The van der Waals surface area contributed by atoms with Crippen LogP contribution in [0.1, 0.15) is 23.7 Å². The standard InChI is InChI=1S/C19H22FN3O3/c1-13(21)10-11-22-19(25)14-6-2-5-9-17(14)26-12-18(24)23-16-8-4-3-7-15(16)20/h2-9,13H,10-12,21H2,1H3,(H,22,25)(H,23,24). The lowest BCUT2D eigenvalue weighted by Crippen LogP contribution is -2.29. The Balaban J connectivity index is 1.94. The van der Waals surface area contributed by atoms with Gasteiger partial charge in [-0.25, -0.2) is 4.39 Å². The minimum absolute atomic E-state index is 0.0103. The van der Waals surface area contributed by atoms with Gasteiger partial charge in [-0.3, -0.25) is 9.59 Å². The van der Waals surface area contributed by atoms with E-state index < -0.39 is 11.7 Å². The van der Waals surface area contributed by atoms with Crippen molar-refractivity contribution in [1.29, 1.82) is 0 Å². The molecule has 2 amide bonds. The van der Waals surface area contributed by atoms with E-state index in [4.69, 9.17) is 10.5 Å². The molecule has 0 radical (unpaired) electrons. The van der Waals surface area contributed by atoms with E-state index in [9.17, 15) is 14.0 Å². The number of carbonyl (C=O) groups excluding carboxylic acids is 2. The smallest absolute Gasteiger partial charge is 0.262 e. The van der Waals surface area contributed by atoms with Crippen LogP contribution in [0.2, 0.25) is 0 Å². The van der Waals surface area contributed by atoms with E-state index in [1.54, 1.807) is 30.3 Å². The van der Waals surface area contributed by atoms with E-state index in [1.165, 1.54) is 18.2 Å². The van der Waals surface area contributed by atoms with Gasteiger partial charge < -0.3 is 21.1 Å². The number of amides is 2. The van der Waals surface area contributed by atoms with Crippen molar-refractivity contribution in [1.82, 2.24) is 5.32 Å². The molecule has 0 aromatic heterocycles. The number of hydrogen-bond acceptors (Lipinski definition) is 4. The zero-order valence-electron chi connectivity index (χ0n) is 14.5. The molecule has 0 saturated carbocycles. The highest BCUT2D eigenvalue weighted by Gasteiger charge is 2.14. The van der Waals surface area contributed by atoms with Crippen molar-refractivity contribution in [2.45, 2.75) is 19.4 Å². The Morgan fingerprint density at radius 2 is 1.85 bits per heavy atom. The Morgan fingerprint density at radius 3 is 2.58 bits per heavy atom. The highest BCUT2D eigenvalue weighted by Crippen LogP contribution is 2.18. The molecule has 7 heteroatoms. The Morgan fingerprint density at radius 1 is 1.15 bits per heavy atom. The third kappa shape index (κ3) is 5.86. The van der Waals surface area contributed by atoms with Gasteiger partial charge in [0.15, 0.2) is 6.61 Å². The second-order valence-electron chi connectivity index (χ2n) is 5.83. The Kier molecular flexibility index (Phi) is 7.11. The van der Waals surface area contributed by atoms with E-state index in [-0.39, 0.29) is 30.0 Å². The number of nitrogens with one attached hydrogen (secondary N) is 2. The number of benzene rings is 2. The van der Waals surface area contributed by atoms with Crippen molar-refractivity contribution < 1.29 is 18.7 Å². The first-order valence-electron chi connectivity index (χ1n) is 8.27. The minimum atomic E-state index is -0.533. The van der Waals surface area contributed by atoms with E-state index in [1.807, 2.05) is 6.92 Å². The third-order valence-electron chi connectivity index (χ3n) is 3.52. The summed E-state index contributed by atoms with van der Waals surface area (Å²) in [5, 5.41) is 5.18. The van der Waals surface area contributed by atoms with Crippen molar-refractivity contribution >= 4 is 17.5 Å². The quantitative estimate of drug-likeness (QED) is 0.674. The molecule has 0 aliphatic heterocycles. The van der Waals surface area contributed by atoms with Crippen LogP contribution in [0.15, 0.2) is 48.5 Å². The zero-order chi connectivity index (χ0) is 18.9. The molecule has 0 fully saturated rings.